The molecule has 0 bridgehead atoms. The molecule has 0 saturated carbocycles. The lowest BCUT2D eigenvalue weighted by molar-refractivity contribution is 0.301. The second kappa shape index (κ2) is 7.14. The zero-order chi connectivity index (χ0) is 11.8. The first kappa shape index (κ1) is 12.9. The molecule has 0 unspecified atom stereocenters. The van der Waals surface area contributed by atoms with Crippen LogP contribution in [0.2, 0.25) is 0 Å². The van der Waals surface area contributed by atoms with Gasteiger partial charge in [-0.2, -0.15) is 0 Å². The summed E-state index contributed by atoms with van der Waals surface area (Å²) in [5.41, 5.74) is 0.748. The Morgan fingerprint density at radius 3 is 2.94 bits per heavy atom. The molecule has 86 valence electrons. The van der Waals surface area contributed by atoms with Crippen molar-refractivity contribution in [2.45, 2.75) is 19.8 Å². The van der Waals surface area contributed by atoms with Gasteiger partial charge in [0.2, 0.25) is 0 Å². The molecule has 1 aromatic rings. The SMILES string of the molecule is CCCOc1cc(C#CCCCl)ccc1F. The summed E-state index contributed by atoms with van der Waals surface area (Å²) in [5.74, 6) is 6.22. The summed E-state index contributed by atoms with van der Waals surface area (Å²) in [6, 6.07) is 4.62. The fraction of sp³-hybridized carbons (Fsp3) is 0.385. The Morgan fingerprint density at radius 2 is 2.25 bits per heavy atom. The van der Waals surface area contributed by atoms with Gasteiger partial charge in [0, 0.05) is 17.9 Å². The van der Waals surface area contributed by atoms with E-state index >= 15 is 0 Å². The number of alkyl halides is 1. The van der Waals surface area contributed by atoms with Crippen LogP contribution in [0, 0.1) is 17.7 Å². The molecule has 0 heterocycles. The zero-order valence-corrected chi connectivity index (χ0v) is 9.98. The lowest BCUT2D eigenvalue weighted by atomic mass is 10.2. The summed E-state index contributed by atoms with van der Waals surface area (Å²) < 4.78 is 18.6. The molecule has 0 fully saturated rings. The number of benzene rings is 1. The van der Waals surface area contributed by atoms with Crippen LogP contribution in [0.4, 0.5) is 4.39 Å². The van der Waals surface area contributed by atoms with E-state index in [4.69, 9.17) is 16.3 Å². The van der Waals surface area contributed by atoms with Gasteiger partial charge in [0.05, 0.1) is 6.61 Å². The molecule has 0 aliphatic rings. The van der Waals surface area contributed by atoms with Crippen LogP contribution in [-0.2, 0) is 0 Å². The number of rotatable bonds is 4. The van der Waals surface area contributed by atoms with Crippen molar-refractivity contribution < 1.29 is 9.13 Å². The Bertz CT molecular complexity index is 393. The van der Waals surface area contributed by atoms with E-state index < -0.39 is 0 Å². The van der Waals surface area contributed by atoms with Gasteiger partial charge < -0.3 is 4.74 Å². The fourth-order valence-corrected chi connectivity index (χ4v) is 1.21. The van der Waals surface area contributed by atoms with Gasteiger partial charge in [0.1, 0.15) is 0 Å². The quantitative estimate of drug-likeness (QED) is 0.577. The molecule has 1 aromatic carbocycles. The number of hydrogen-bond acceptors (Lipinski definition) is 1. The molecule has 0 spiro atoms. The monoisotopic (exact) mass is 240 g/mol. The van der Waals surface area contributed by atoms with Gasteiger partial charge in [0.25, 0.3) is 0 Å². The van der Waals surface area contributed by atoms with Crippen LogP contribution in [0.25, 0.3) is 0 Å². The summed E-state index contributed by atoms with van der Waals surface area (Å²) in [4.78, 5) is 0. The van der Waals surface area contributed by atoms with Gasteiger partial charge in [-0.25, -0.2) is 4.39 Å². The van der Waals surface area contributed by atoms with Crippen molar-refractivity contribution in [3.63, 3.8) is 0 Å². The second-order valence-electron chi connectivity index (χ2n) is 3.23. The first-order chi connectivity index (χ1) is 7.77. The minimum absolute atomic E-state index is 0.263. The second-order valence-corrected chi connectivity index (χ2v) is 3.61. The average molecular weight is 241 g/mol. The predicted molar refractivity (Wildman–Crippen MR) is 64.4 cm³/mol. The summed E-state index contributed by atoms with van der Waals surface area (Å²) in [7, 11) is 0. The first-order valence-electron chi connectivity index (χ1n) is 5.25. The predicted octanol–water partition coefficient (Wildman–Crippen LogP) is 3.59. The van der Waals surface area contributed by atoms with Crippen LogP contribution in [0.1, 0.15) is 25.3 Å². The van der Waals surface area contributed by atoms with E-state index in [1.54, 1.807) is 12.1 Å². The maximum absolute atomic E-state index is 13.3. The van der Waals surface area contributed by atoms with Crippen molar-refractivity contribution in [3.05, 3.63) is 29.6 Å². The molecule has 1 rings (SSSR count). The third-order valence-corrected chi connectivity index (χ3v) is 2.03. The Labute approximate surface area is 101 Å². The third kappa shape index (κ3) is 4.12. The van der Waals surface area contributed by atoms with Gasteiger partial charge in [-0.05, 0) is 24.6 Å². The molecule has 16 heavy (non-hydrogen) atoms. The van der Waals surface area contributed by atoms with E-state index in [0.717, 1.165) is 12.0 Å². The zero-order valence-electron chi connectivity index (χ0n) is 9.22. The van der Waals surface area contributed by atoms with E-state index in [-0.39, 0.29) is 11.6 Å². The molecule has 0 amide bonds. The number of ether oxygens (including phenoxy) is 1. The highest BCUT2D eigenvalue weighted by Gasteiger charge is 2.02. The minimum Gasteiger partial charge on any atom is -0.490 e. The maximum atomic E-state index is 13.3. The summed E-state index contributed by atoms with van der Waals surface area (Å²) in [5, 5.41) is 0. The molecular formula is C13H14ClFO. The van der Waals surface area contributed by atoms with Gasteiger partial charge in [0.15, 0.2) is 11.6 Å². The van der Waals surface area contributed by atoms with E-state index in [1.807, 2.05) is 6.92 Å². The van der Waals surface area contributed by atoms with Crippen molar-refractivity contribution >= 4 is 11.6 Å². The van der Waals surface area contributed by atoms with E-state index in [1.165, 1.54) is 6.07 Å². The molecule has 0 aromatic heterocycles. The minimum atomic E-state index is -0.351. The fourth-order valence-electron chi connectivity index (χ4n) is 1.12. The van der Waals surface area contributed by atoms with Gasteiger partial charge >= 0.3 is 0 Å². The van der Waals surface area contributed by atoms with Crippen molar-refractivity contribution in [2.75, 3.05) is 12.5 Å². The third-order valence-electron chi connectivity index (χ3n) is 1.85. The molecule has 0 atom stereocenters. The van der Waals surface area contributed by atoms with E-state index in [2.05, 4.69) is 11.8 Å². The lowest BCUT2D eigenvalue weighted by Gasteiger charge is -2.05. The Morgan fingerprint density at radius 1 is 1.44 bits per heavy atom. The van der Waals surface area contributed by atoms with Gasteiger partial charge in [-0.3, -0.25) is 0 Å². The van der Waals surface area contributed by atoms with Crippen molar-refractivity contribution in [1.29, 1.82) is 0 Å². The Hall–Kier alpha value is -1.20. The first-order valence-corrected chi connectivity index (χ1v) is 5.78. The van der Waals surface area contributed by atoms with Crippen LogP contribution in [-0.4, -0.2) is 12.5 Å². The van der Waals surface area contributed by atoms with Crippen LogP contribution in [0.3, 0.4) is 0 Å². The lowest BCUT2D eigenvalue weighted by Crippen LogP contribution is -1.97. The van der Waals surface area contributed by atoms with Gasteiger partial charge in [-0.1, -0.05) is 18.8 Å². The highest BCUT2D eigenvalue weighted by molar-refractivity contribution is 6.18. The van der Waals surface area contributed by atoms with Gasteiger partial charge in [-0.15, -0.1) is 11.6 Å². The largest absolute Gasteiger partial charge is 0.490 e. The van der Waals surface area contributed by atoms with Crippen molar-refractivity contribution in [1.82, 2.24) is 0 Å². The van der Waals surface area contributed by atoms with E-state index in [0.29, 0.717) is 18.9 Å². The Kier molecular flexibility index (Phi) is 5.74. The number of hydrogen-bond donors (Lipinski definition) is 0. The average Bonchev–Trinajstić information content (AvgIpc) is 2.30. The summed E-state index contributed by atoms with van der Waals surface area (Å²) >= 11 is 5.51. The highest BCUT2D eigenvalue weighted by atomic mass is 35.5. The molecule has 0 radical (unpaired) electrons. The molecule has 0 N–H and O–H groups in total. The molecule has 0 saturated heterocycles. The molecule has 0 aliphatic carbocycles. The molecular weight excluding hydrogens is 227 g/mol. The topological polar surface area (TPSA) is 9.23 Å². The molecule has 3 heteroatoms. The standard InChI is InChI=1S/C13H14ClFO/c1-2-9-16-13-10-11(5-3-4-8-14)6-7-12(13)15/h6-7,10H,2,4,8-9H2,1H3. The molecule has 1 nitrogen and oxygen atoms in total. The number of halogens is 2. The van der Waals surface area contributed by atoms with E-state index in [9.17, 15) is 4.39 Å². The Balaban J connectivity index is 2.77. The van der Waals surface area contributed by atoms with Crippen LogP contribution < -0.4 is 4.74 Å². The highest BCUT2D eigenvalue weighted by Crippen LogP contribution is 2.18. The van der Waals surface area contributed by atoms with Crippen molar-refractivity contribution in [2.24, 2.45) is 0 Å². The van der Waals surface area contributed by atoms with Crippen molar-refractivity contribution in [3.8, 4) is 17.6 Å². The molecule has 0 aliphatic heterocycles. The summed E-state index contributed by atoms with van der Waals surface area (Å²) in [6.07, 6.45) is 1.48. The summed E-state index contributed by atoms with van der Waals surface area (Å²) in [6.45, 7) is 2.48. The van der Waals surface area contributed by atoms with Crippen LogP contribution in [0.5, 0.6) is 5.75 Å². The normalized spacial score (nSPS) is 9.44. The maximum Gasteiger partial charge on any atom is 0.165 e. The van der Waals surface area contributed by atoms with Crippen LogP contribution in [0.15, 0.2) is 18.2 Å². The smallest absolute Gasteiger partial charge is 0.165 e. The van der Waals surface area contributed by atoms with Crippen LogP contribution >= 0.6 is 11.6 Å².